The number of hydrogen-bond acceptors (Lipinski definition) is 3. The van der Waals surface area contributed by atoms with Gasteiger partial charge < -0.3 is 4.90 Å². The van der Waals surface area contributed by atoms with Crippen LogP contribution < -0.4 is 14.8 Å². The Hall–Kier alpha value is -1.27. The van der Waals surface area contributed by atoms with Crippen molar-refractivity contribution in [3.05, 3.63) is 24.3 Å². The van der Waals surface area contributed by atoms with E-state index >= 15 is 0 Å². The summed E-state index contributed by atoms with van der Waals surface area (Å²) in [6.45, 7) is 5.97. The summed E-state index contributed by atoms with van der Waals surface area (Å²) in [7, 11) is -3.69. The average molecular weight is 243 g/mol. The molecule has 0 aliphatic carbocycles. The lowest BCUT2D eigenvalue weighted by Crippen LogP contribution is -2.23. The molecule has 0 aromatic heterocycles. The fourth-order valence-corrected chi connectivity index (χ4v) is 1.96. The Balaban J connectivity index is 2.82. The van der Waals surface area contributed by atoms with Crippen molar-refractivity contribution in [1.29, 1.82) is 0 Å². The standard InChI is InChI=1S/C10H17N3O2S/c1-3-13(4-2)10-7-5-9(6-8-10)12-16(11,14)15/h5-8,12H,3-4H2,1-2H3,(H2,11,14,15). The van der Waals surface area contributed by atoms with Gasteiger partial charge >= 0.3 is 0 Å². The molecule has 0 aliphatic rings. The lowest BCUT2D eigenvalue weighted by atomic mass is 10.2. The van der Waals surface area contributed by atoms with Gasteiger partial charge in [-0.2, -0.15) is 8.42 Å². The Labute approximate surface area is 96.4 Å². The van der Waals surface area contributed by atoms with Gasteiger partial charge in [0, 0.05) is 24.5 Å². The van der Waals surface area contributed by atoms with Gasteiger partial charge in [-0.15, -0.1) is 0 Å². The Morgan fingerprint density at radius 2 is 1.69 bits per heavy atom. The molecule has 0 radical (unpaired) electrons. The summed E-state index contributed by atoms with van der Waals surface area (Å²) < 4.78 is 23.8. The number of hydrogen-bond donors (Lipinski definition) is 2. The van der Waals surface area contributed by atoms with Gasteiger partial charge in [-0.3, -0.25) is 4.72 Å². The zero-order valence-corrected chi connectivity index (χ0v) is 10.3. The highest BCUT2D eigenvalue weighted by Gasteiger charge is 2.04. The number of benzene rings is 1. The van der Waals surface area contributed by atoms with Crippen LogP contribution in [0.5, 0.6) is 0 Å². The molecule has 0 heterocycles. The van der Waals surface area contributed by atoms with E-state index in [1.807, 2.05) is 12.1 Å². The molecule has 0 atom stereocenters. The molecule has 6 heteroatoms. The molecule has 0 saturated heterocycles. The first kappa shape index (κ1) is 12.8. The van der Waals surface area contributed by atoms with Gasteiger partial charge in [0.1, 0.15) is 0 Å². The zero-order chi connectivity index (χ0) is 12.2. The van der Waals surface area contributed by atoms with E-state index in [9.17, 15) is 8.42 Å². The van der Waals surface area contributed by atoms with Gasteiger partial charge in [-0.05, 0) is 38.1 Å². The summed E-state index contributed by atoms with van der Waals surface area (Å²) in [5.74, 6) is 0. The van der Waals surface area contributed by atoms with Crippen molar-refractivity contribution >= 4 is 21.6 Å². The van der Waals surface area contributed by atoms with Crippen molar-refractivity contribution in [3.63, 3.8) is 0 Å². The Bertz CT molecular complexity index is 424. The molecule has 1 aromatic carbocycles. The van der Waals surface area contributed by atoms with Crippen LogP contribution in [0.15, 0.2) is 24.3 Å². The Kier molecular flexibility index (Phi) is 4.14. The molecule has 5 nitrogen and oxygen atoms in total. The maximum Gasteiger partial charge on any atom is 0.296 e. The lowest BCUT2D eigenvalue weighted by Gasteiger charge is -2.21. The molecule has 3 N–H and O–H groups in total. The van der Waals surface area contributed by atoms with Crippen LogP contribution in [-0.4, -0.2) is 21.5 Å². The van der Waals surface area contributed by atoms with Crippen LogP contribution in [0.25, 0.3) is 0 Å². The summed E-state index contributed by atoms with van der Waals surface area (Å²) in [6, 6.07) is 7.11. The van der Waals surface area contributed by atoms with Gasteiger partial charge in [0.2, 0.25) is 0 Å². The van der Waals surface area contributed by atoms with Crippen molar-refractivity contribution in [2.45, 2.75) is 13.8 Å². The summed E-state index contributed by atoms with van der Waals surface area (Å²) >= 11 is 0. The third-order valence-electron chi connectivity index (χ3n) is 2.26. The summed E-state index contributed by atoms with van der Waals surface area (Å²) in [5, 5.41) is 4.87. The minimum Gasteiger partial charge on any atom is -0.372 e. The minimum absolute atomic E-state index is 0.471. The van der Waals surface area contributed by atoms with Crippen molar-refractivity contribution in [3.8, 4) is 0 Å². The topological polar surface area (TPSA) is 75.4 Å². The second-order valence-corrected chi connectivity index (χ2v) is 4.66. The van der Waals surface area contributed by atoms with E-state index in [-0.39, 0.29) is 0 Å². The van der Waals surface area contributed by atoms with Gasteiger partial charge in [-0.25, -0.2) is 5.14 Å². The summed E-state index contributed by atoms with van der Waals surface area (Å²) in [6.07, 6.45) is 0. The molecule has 0 saturated carbocycles. The zero-order valence-electron chi connectivity index (χ0n) is 9.47. The van der Waals surface area contributed by atoms with Crippen LogP contribution in [0.3, 0.4) is 0 Å². The quantitative estimate of drug-likeness (QED) is 0.814. The average Bonchev–Trinajstić information content (AvgIpc) is 2.20. The SMILES string of the molecule is CCN(CC)c1ccc(NS(N)(=O)=O)cc1. The second-order valence-electron chi connectivity index (χ2n) is 3.37. The molecule has 1 rings (SSSR count). The first-order valence-electron chi connectivity index (χ1n) is 5.11. The van der Waals surface area contributed by atoms with Crippen LogP contribution in [0, 0.1) is 0 Å². The minimum atomic E-state index is -3.69. The maximum atomic E-state index is 10.8. The Morgan fingerprint density at radius 1 is 1.19 bits per heavy atom. The molecule has 90 valence electrons. The molecule has 0 unspecified atom stereocenters. The fourth-order valence-electron chi connectivity index (χ4n) is 1.49. The third-order valence-corrected chi connectivity index (χ3v) is 2.78. The van der Waals surface area contributed by atoms with E-state index in [0.717, 1.165) is 18.8 Å². The molecule has 0 amide bonds. The van der Waals surface area contributed by atoms with Crippen LogP contribution in [0.4, 0.5) is 11.4 Å². The van der Waals surface area contributed by atoms with E-state index < -0.39 is 10.2 Å². The molecule has 0 aliphatic heterocycles. The van der Waals surface area contributed by atoms with Crippen molar-refractivity contribution in [2.75, 3.05) is 22.7 Å². The van der Waals surface area contributed by atoms with Crippen molar-refractivity contribution < 1.29 is 8.42 Å². The molecule has 0 spiro atoms. The van der Waals surface area contributed by atoms with Gasteiger partial charge in [0.25, 0.3) is 10.2 Å². The highest BCUT2D eigenvalue weighted by Crippen LogP contribution is 2.17. The predicted octanol–water partition coefficient (Wildman–Crippen LogP) is 1.15. The van der Waals surface area contributed by atoms with E-state index in [0.29, 0.717) is 5.69 Å². The van der Waals surface area contributed by atoms with Crippen LogP contribution >= 0.6 is 0 Å². The Morgan fingerprint density at radius 3 is 2.06 bits per heavy atom. The first-order valence-corrected chi connectivity index (χ1v) is 6.66. The molecule has 1 aromatic rings. The van der Waals surface area contributed by atoms with E-state index in [1.54, 1.807) is 12.1 Å². The van der Waals surface area contributed by atoms with Crippen LogP contribution in [-0.2, 0) is 10.2 Å². The highest BCUT2D eigenvalue weighted by molar-refractivity contribution is 7.90. The van der Waals surface area contributed by atoms with Gasteiger partial charge in [-0.1, -0.05) is 0 Å². The highest BCUT2D eigenvalue weighted by atomic mass is 32.2. The van der Waals surface area contributed by atoms with Crippen LogP contribution in [0.1, 0.15) is 13.8 Å². The number of nitrogens with two attached hydrogens (primary N) is 1. The number of nitrogens with zero attached hydrogens (tertiary/aromatic N) is 1. The molecule has 16 heavy (non-hydrogen) atoms. The predicted molar refractivity (Wildman–Crippen MR) is 66.7 cm³/mol. The normalized spacial score (nSPS) is 11.2. The van der Waals surface area contributed by atoms with E-state index in [2.05, 4.69) is 23.5 Å². The van der Waals surface area contributed by atoms with Gasteiger partial charge in [0.15, 0.2) is 0 Å². The molecule has 0 bridgehead atoms. The lowest BCUT2D eigenvalue weighted by molar-refractivity contribution is 0.603. The largest absolute Gasteiger partial charge is 0.372 e. The molecular weight excluding hydrogens is 226 g/mol. The molecular formula is C10H17N3O2S. The number of nitrogens with one attached hydrogen (secondary N) is 1. The number of rotatable bonds is 5. The fraction of sp³-hybridized carbons (Fsp3) is 0.400. The maximum absolute atomic E-state index is 10.8. The first-order chi connectivity index (χ1) is 7.46. The van der Waals surface area contributed by atoms with Crippen molar-refractivity contribution in [1.82, 2.24) is 0 Å². The third kappa shape index (κ3) is 3.71. The van der Waals surface area contributed by atoms with E-state index in [4.69, 9.17) is 5.14 Å². The summed E-state index contributed by atoms with van der Waals surface area (Å²) in [5.41, 5.74) is 1.53. The monoisotopic (exact) mass is 243 g/mol. The number of anilines is 2. The molecule has 0 fully saturated rings. The van der Waals surface area contributed by atoms with E-state index in [1.165, 1.54) is 0 Å². The van der Waals surface area contributed by atoms with Crippen molar-refractivity contribution in [2.24, 2.45) is 5.14 Å². The second kappa shape index (κ2) is 5.18. The smallest absolute Gasteiger partial charge is 0.296 e. The summed E-state index contributed by atoms with van der Waals surface area (Å²) in [4.78, 5) is 2.17. The van der Waals surface area contributed by atoms with Crippen LogP contribution in [0.2, 0.25) is 0 Å². The van der Waals surface area contributed by atoms with Gasteiger partial charge in [0.05, 0.1) is 0 Å².